The molecule has 0 aromatic heterocycles. The van der Waals surface area contributed by atoms with E-state index in [0.29, 0.717) is 11.4 Å². The quantitative estimate of drug-likeness (QED) is 0.503. The molecule has 0 saturated carbocycles. The van der Waals surface area contributed by atoms with E-state index in [1.807, 2.05) is 0 Å². The van der Waals surface area contributed by atoms with Gasteiger partial charge in [-0.25, -0.2) is 4.79 Å². The number of hydrogen-bond donors (Lipinski definition) is 4. The van der Waals surface area contributed by atoms with Crippen LogP contribution in [0.1, 0.15) is 11.1 Å². The molecule has 2 rings (SSSR count). The van der Waals surface area contributed by atoms with Crippen LogP contribution >= 0.6 is 0 Å². The van der Waals surface area contributed by atoms with Gasteiger partial charge < -0.3 is 21.5 Å². The molecule has 6 heteroatoms. The first kappa shape index (κ1) is 16.1. The predicted octanol–water partition coefficient (Wildman–Crippen LogP) is 2.69. The first-order chi connectivity index (χ1) is 11.0. The number of anilines is 2. The highest BCUT2D eigenvalue weighted by Crippen LogP contribution is 2.16. The molecular weight excluding hydrogens is 294 g/mol. The number of nitrogens with two attached hydrogens (primary N) is 1. The molecule has 0 aliphatic carbocycles. The van der Waals surface area contributed by atoms with Crippen molar-refractivity contribution in [2.24, 2.45) is 0 Å². The predicted molar refractivity (Wildman–Crippen MR) is 89.8 cm³/mol. The van der Waals surface area contributed by atoms with Crippen molar-refractivity contribution in [1.82, 2.24) is 5.32 Å². The molecule has 6 nitrogen and oxygen atoms in total. The number of para-hydroxylation sites is 2. The number of carbonyl (C=O) groups excluding carboxylic acids is 1. The summed E-state index contributed by atoms with van der Waals surface area (Å²) in [4.78, 5) is 22.3. The van der Waals surface area contributed by atoms with Gasteiger partial charge in [0.15, 0.2) is 0 Å². The van der Waals surface area contributed by atoms with Crippen LogP contribution in [-0.4, -0.2) is 17.1 Å². The monoisotopic (exact) mass is 311 g/mol. The van der Waals surface area contributed by atoms with Gasteiger partial charge in [0.2, 0.25) is 5.91 Å². The van der Waals surface area contributed by atoms with E-state index in [4.69, 9.17) is 10.8 Å². The van der Waals surface area contributed by atoms with Gasteiger partial charge in [-0.15, -0.1) is 0 Å². The van der Waals surface area contributed by atoms with Crippen molar-refractivity contribution in [1.29, 1.82) is 0 Å². The molecule has 5 N–H and O–H groups in total. The first-order valence-corrected chi connectivity index (χ1v) is 6.94. The summed E-state index contributed by atoms with van der Waals surface area (Å²) in [5, 5.41) is 13.5. The molecule has 0 spiro atoms. The summed E-state index contributed by atoms with van der Waals surface area (Å²) < 4.78 is 0. The highest BCUT2D eigenvalue weighted by molar-refractivity contribution is 6.03. The molecule has 2 aromatic carbocycles. The first-order valence-electron chi connectivity index (χ1n) is 6.94. The Balaban J connectivity index is 1.93. The van der Waals surface area contributed by atoms with Crippen LogP contribution < -0.4 is 16.4 Å². The third-order valence-electron chi connectivity index (χ3n) is 3.07. The van der Waals surface area contributed by atoms with Crippen LogP contribution in [0.3, 0.4) is 0 Å². The van der Waals surface area contributed by atoms with Crippen LogP contribution in [0.2, 0.25) is 0 Å². The van der Waals surface area contributed by atoms with Crippen molar-refractivity contribution in [3.05, 3.63) is 65.7 Å². The lowest BCUT2D eigenvalue weighted by molar-refractivity contribution is -0.111. The highest BCUT2D eigenvalue weighted by atomic mass is 16.4. The van der Waals surface area contributed by atoms with Crippen LogP contribution in [0.4, 0.5) is 16.2 Å². The standard InChI is InChI=1S/C17H17N3O3/c18-14-3-1-2-4-15(14)20-16(21)10-9-12-5-7-13(8-6-12)11-19-17(22)23/h1-10,19H,11,18H2,(H,20,21)(H,22,23). The van der Waals surface area contributed by atoms with Crippen molar-refractivity contribution < 1.29 is 14.7 Å². The maximum atomic E-state index is 11.9. The summed E-state index contributed by atoms with van der Waals surface area (Å²) >= 11 is 0. The maximum Gasteiger partial charge on any atom is 0.404 e. The Hall–Kier alpha value is -3.28. The molecule has 0 atom stereocenters. The summed E-state index contributed by atoms with van der Waals surface area (Å²) in [6.07, 6.45) is 2.02. The lowest BCUT2D eigenvalue weighted by Crippen LogP contribution is -2.19. The average Bonchev–Trinajstić information content (AvgIpc) is 2.54. The van der Waals surface area contributed by atoms with Gasteiger partial charge in [0, 0.05) is 12.6 Å². The maximum absolute atomic E-state index is 11.9. The Morgan fingerprint density at radius 1 is 1.09 bits per heavy atom. The second kappa shape index (κ2) is 7.65. The van der Waals surface area contributed by atoms with E-state index in [-0.39, 0.29) is 12.5 Å². The second-order valence-corrected chi connectivity index (χ2v) is 4.81. The lowest BCUT2D eigenvalue weighted by Gasteiger charge is -2.05. The van der Waals surface area contributed by atoms with Gasteiger partial charge in [0.25, 0.3) is 0 Å². The smallest absolute Gasteiger partial charge is 0.404 e. The molecule has 2 aromatic rings. The number of carboxylic acid groups (broad SMARTS) is 1. The van der Waals surface area contributed by atoms with E-state index < -0.39 is 6.09 Å². The Kier molecular flexibility index (Phi) is 5.35. The molecule has 0 radical (unpaired) electrons. The molecule has 0 aliphatic heterocycles. The van der Waals surface area contributed by atoms with Crippen molar-refractivity contribution in [3.8, 4) is 0 Å². The van der Waals surface area contributed by atoms with E-state index in [1.165, 1.54) is 6.08 Å². The fraction of sp³-hybridized carbons (Fsp3) is 0.0588. The van der Waals surface area contributed by atoms with Crippen LogP contribution in [-0.2, 0) is 11.3 Å². The van der Waals surface area contributed by atoms with Gasteiger partial charge in [-0.05, 0) is 29.3 Å². The number of rotatable bonds is 5. The zero-order chi connectivity index (χ0) is 16.7. The summed E-state index contributed by atoms with van der Waals surface area (Å²) in [5.41, 5.74) is 8.50. The van der Waals surface area contributed by atoms with Crippen molar-refractivity contribution >= 4 is 29.5 Å². The van der Waals surface area contributed by atoms with Crippen LogP contribution in [0, 0.1) is 0 Å². The van der Waals surface area contributed by atoms with Gasteiger partial charge in [0.05, 0.1) is 11.4 Å². The number of nitrogen functional groups attached to an aromatic ring is 1. The van der Waals surface area contributed by atoms with E-state index >= 15 is 0 Å². The Morgan fingerprint density at radius 3 is 2.43 bits per heavy atom. The zero-order valence-corrected chi connectivity index (χ0v) is 12.3. The minimum Gasteiger partial charge on any atom is -0.465 e. The Labute approximate surface area is 133 Å². The van der Waals surface area contributed by atoms with E-state index in [9.17, 15) is 9.59 Å². The summed E-state index contributed by atoms with van der Waals surface area (Å²) in [6.45, 7) is 0.243. The number of benzene rings is 2. The van der Waals surface area contributed by atoms with Crippen LogP contribution in [0.25, 0.3) is 6.08 Å². The normalized spacial score (nSPS) is 10.4. The molecule has 0 bridgehead atoms. The third-order valence-corrected chi connectivity index (χ3v) is 3.07. The largest absolute Gasteiger partial charge is 0.465 e. The van der Waals surface area contributed by atoms with Gasteiger partial charge in [-0.2, -0.15) is 0 Å². The third kappa shape index (κ3) is 5.20. The van der Waals surface area contributed by atoms with Crippen molar-refractivity contribution in [3.63, 3.8) is 0 Å². The van der Waals surface area contributed by atoms with E-state index in [2.05, 4.69) is 10.6 Å². The topological polar surface area (TPSA) is 104 Å². The van der Waals surface area contributed by atoms with Crippen LogP contribution in [0.15, 0.2) is 54.6 Å². The van der Waals surface area contributed by atoms with Crippen molar-refractivity contribution in [2.75, 3.05) is 11.1 Å². The molecular formula is C17H17N3O3. The molecule has 0 fully saturated rings. The summed E-state index contributed by atoms with van der Waals surface area (Å²) in [7, 11) is 0. The number of carbonyl (C=O) groups is 2. The number of nitrogens with one attached hydrogen (secondary N) is 2. The Morgan fingerprint density at radius 2 is 1.78 bits per heavy atom. The molecule has 23 heavy (non-hydrogen) atoms. The zero-order valence-electron chi connectivity index (χ0n) is 12.3. The lowest BCUT2D eigenvalue weighted by atomic mass is 10.1. The van der Waals surface area contributed by atoms with E-state index in [0.717, 1.165) is 11.1 Å². The average molecular weight is 311 g/mol. The minimum absolute atomic E-state index is 0.243. The fourth-order valence-electron chi connectivity index (χ4n) is 1.88. The highest BCUT2D eigenvalue weighted by Gasteiger charge is 2.01. The van der Waals surface area contributed by atoms with E-state index in [1.54, 1.807) is 54.6 Å². The minimum atomic E-state index is -1.06. The molecule has 0 unspecified atom stereocenters. The van der Waals surface area contributed by atoms with Gasteiger partial charge in [0.1, 0.15) is 0 Å². The molecule has 2 amide bonds. The van der Waals surface area contributed by atoms with Crippen molar-refractivity contribution in [2.45, 2.75) is 6.54 Å². The Bertz CT molecular complexity index is 724. The summed E-state index contributed by atoms with van der Waals surface area (Å²) in [6, 6.07) is 14.2. The number of amides is 2. The molecule has 0 aliphatic rings. The van der Waals surface area contributed by atoms with Gasteiger partial charge in [-0.3, -0.25) is 4.79 Å². The van der Waals surface area contributed by atoms with Gasteiger partial charge >= 0.3 is 6.09 Å². The SMILES string of the molecule is Nc1ccccc1NC(=O)C=Cc1ccc(CNC(=O)O)cc1. The van der Waals surface area contributed by atoms with Gasteiger partial charge in [-0.1, -0.05) is 36.4 Å². The molecule has 118 valence electrons. The van der Waals surface area contributed by atoms with Crippen LogP contribution in [0.5, 0.6) is 0 Å². The second-order valence-electron chi connectivity index (χ2n) is 4.81. The fourth-order valence-corrected chi connectivity index (χ4v) is 1.88. The molecule has 0 saturated heterocycles. The molecule has 0 heterocycles. The summed E-state index contributed by atoms with van der Waals surface area (Å²) in [5.74, 6) is -0.278. The number of hydrogen-bond acceptors (Lipinski definition) is 3.